The van der Waals surface area contributed by atoms with Crippen molar-refractivity contribution in [2.45, 2.75) is 155 Å². The minimum Gasteiger partial charge on any atom is -0.422 e. The lowest BCUT2D eigenvalue weighted by atomic mass is 9.77. The number of nitrogens with zero attached hydrogens (tertiary/aromatic N) is 1. The number of unbranched alkanes of at least 4 members (excludes halogenated alkanes) is 13. The van der Waals surface area contributed by atoms with Gasteiger partial charge in [-0.2, -0.15) is 5.26 Å². The van der Waals surface area contributed by atoms with Gasteiger partial charge in [0.15, 0.2) is 0 Å². The average molecular weight is 572 g/mol. The van der Waals surface area contributed by atoms with E-state index >= 15 is 0 Å². The normalized spacial score (nSPS) is 16.7. The number of aryl methyl sites for hydroxylation is 1. The van der Waals surface area contributed by atoms with E-state index in [-0.39, 0.29) is 0 Å². The molecule has 0 unspecified atom stereocenters. The van der Waals surface area contributed by atoms with Crippen LogP contribution < -0.4 is 4.74 Å². The van der Waals surface area contributed by atoms with Crippen molar-refractivity contribution in [1.82, 2.24) is 0 Å². The molecule has 1 aliphatic carbocycles. The van der Waals surface area contributed by atoms with Gasteiger partial charge in [0.1, 0.15) is 11.8 Å². The van der Waals surface area contributed by atoms with Crippen LogP contribution >= 0.6 is 0 Å². The number of hydrogen-bond acceptors (Lipinski definition) is 3. The predicted octanol–water partition coefficient (Wildman–Crippen LogP) is 11.9. The third-order valence-corrected chi connectivity index (χ3v) is 9.37. The fourth-order valence-corrected chi connectivity index (χ4v) is 6.60. The SMILES string of the molecule is CCCCCCCCCCc1ccc(OC(=O)c2ccc(C3CCC(CCCCCCCCC)CC3)cc2)c(C#N)c1. The van der Waals surface area contributed by atoms with E-state index in [1.165, 1.54) is 128 Å². The molecule has 1 fully saturated rings. The number of carbonyl (C=O) groups excluding carboxylic acids is 1. The fraction of sp³-hybridized carbons (Fsp3) is 0.641. The number of rotatable bonds is 20. The Morgan fingerprint density at radius 3 is 1.90 bits per heavy atom. The summed E-state index contributed by atoms with van der Waals surface area (Å²) in [5.74, 6) is 1.45. The first-order valence-corrected chi connectivity index (χ1v) is 17.5. The Kier molecular flexibility index (Phi) is 16.4. The molecule has 1 saturated carbocycles. The Balaban J connectivity index is 1.38. The maximum Gasteiger partial charge on any atom is 0.343 e. The van der Waals surface area contributed by atoms with Gasteiger partial charge in [0.2, 0.25) is 0 Å². The second kappa shape index (κ2) is 20.3. The molecule has 42 heavy (non-hydrogen) atoms. The maximum atomic E-state index is 12.9. The van der Waals surface area contributed by atoms with Gasteiger partial charge in [-0.1, -0.05) is 128 Å². The molecule has 0 radical (unpaired) electrons. The summed E-state index contributed by atoms with van der Waals surface area (Å²) in [7, 11) is 0. The molecule has 0 bridgehead atoms. The second-order valence-corrected chi connectivity index (χ2v) is 12.8. The zero-order chi connectivity index (χ0) is 29.8. The van der Waals surface area contributed by atoms with Crippen molar-refractivity contribution < 1.29 is 9.53 Å². The molecule has 0 atom stereocenters. The van der Waals surface area contributed by atoms with Crippen LogP contribution in [0.2, 0.25) is 0 Å². The summed E-state index contributed by atoms with van der Waals surface area (Å²) in [6.07, 6.45) is 27.6. The van der Waals surface area contributed by atoms with Gasteiger partial charge in [0, 0.05) is 0 Å². The lowest BCUT2D eigenvalue weighted by Gasteiger charge is -2.29. The molecule has 3 heteroatoms. The molecule has 0 saturated heterocycles. The number of hydrogen-bond donors (Lipinski definition) is 0. The Bertz CT molecular complexity index is 1060. The zero-order valence-electron chi connectivity index (χ0n) is 26.8. The van der Waals surface area contributed by atoms with E-state index in [1.54, 1.807) is 6.07 Å². The lowest BCUT2D eigenvalue weighted by molar-refractivity contribution is 0.0734. The van der Waals surface area contributed by atoms with Gasteiger partial charge in [-0.15, -0.1) is 0 Å². The first-order chi connectivity index (χ1) is 20.6. The summed E-state index contributed by atoms with van der Waals surface area (Å²) in [5, 5.41) is 9.70. The highest BCUT2D eigenvalue weighted by atomic mass is 16.5. The summed E-state index contributed by atoms with van der Waals surface area (Å²) in [6.45, 7) is 4.53. The highest BCUT2D eigenvalue weighted by molar-refractivity contribution is 5.91. The first kappa shape index (κ1) is 33.9. The molecule has 3 nitrogen and oxygen atoms in total. The lowest BCUT2D eigenvalue weighted by Crippen LogP contribution is -2.14. The van der Waals surface area contributed by atoms with Crippen molar-refractivity contribution in [1.29, 1.82) is 5.26 Å². The van der Waals surface area contributed by atoms with Crippen molar-refractivity contribution in [2.24, 2.45) is 5.92 Å². The standard InChI is InChI=1S/C39H57NO2/c1-3-5-7-9-11-13-15-17-19-33-22-29-38(37(30-33)31-40)42-39(41)36-27-25-35(26-28-36)34-23-20-32(21-24-34)18-16-14-12-10-8-6-4-2/h22,25-30,32,34H,3-21,23-24H2,1-2H3. The molecule has 0 heterocycles. The van der Waals surface area contributed by atoms with E-state index in [9.17, 15) is 10.1 Å². The van der Waals surface area contributed by atoms with E-state index in [0.717, 1.165) is 24.3 Å². The van der Waals surface area contributed by atoms with E-state index in [0.29, 0.717) is 22.8 Å². The van der Waals surface area contributed by atoms with Crippen molar-refractivity contribution >= 4 is 5.97 Å². The molecule has 230 valence electrons. The number of esters is 1. The largest absolute Gasteiger partial charge is 0.422 e. The van der Waals surface area contributed by atoms with Crippen LogP contribution in [0.3, 0.4) is 0 Å². The minimum absolute atomic E-state index is 0.352. The molecule has 1 aliphatic rings. The molecule has 0 aliphatic heterocycles. The van der Waals surface area contributed by atoms with Gasteiger partial charge in [-0.05, 0) is 85.8 Å². The number of carbonyl (C=O) groups is 1. The predicted molar refractivity (Wildman–Crippen MR) is 176 cm³/mol. The molecule has 2 aromatic rings. The van der Waals surface area contributed by atoms with Gasteiger partial charge in [0.25, 0.3) is 0 Å². The third kappa shape index (κ3) is 12.3. The summed E-state index contributed by atoms with van der Waals surface area (Å²) >= 11 is 0. The quantitative estimate of drug-likeness (QED) is 0.0902. The molecular formula is C39H57NO2. The van der Waals surface area contributed by atoms with Crippen LogP contribution in [0, 0.1) is 17.2 Å². The molecule has 0 N–H and O–H groups in total. The zero-order valence-corrected chi connectivity index (χ0v) is 26.8. The fourth-order valence-electron chi connectivity index (χ4n) is 6.60. The molecule has 2 aromatic carbocycles. The van der Waals surface area contributed by atoms with E-state index in [1.807, 2.05) is 24.3 Å². The van der Waals surface area contributed by atoms with Gasteiger partial charge >= 0.3 is 5.97 Å². The van der Waals surface area contributed by atoms with Crippen LogP contribution in [0.1, 0.15) is 175 Å². The summed E-state index contributed by atoms with van der Waals surface area (Å²) in [6, 6.07) is 15.9. The van der Waals surface area contributed by atoms with Crippen LogP contribution in [0.5, 0.6) is 5.75 Å². The monoisotopic (exact) mass is 571 g/mol. The van der Waals surface area contributed by atoms with E-state index in [2.05, 4.69) is 32.0 Å². The molecule has 0 amide bonds. The number of nitriles is 1. The Morgan fingerprint density at radius 2 is 1.31 bits per heavy atom. The summed E-state index contributed by atoms with van der Waals surface area (Å²) in [4.78, 5) is 12.9. The molecule has 0 aromatic heterocycles. The van der Waals surface area contributed by atoms with Crippen LogP contribution in [-0.4, -0.2) is 5.97 Å². The molecule has 0 spiro atoms. The van der Waals surface area contributed by atoms with Crippen molar-refractivity contribution in [3.8, 4) is 11.8 Å². The van der Waals surface area contributed by atoms with Gasteiger partial charge < -0.3 is 4.74 Å². The van der Waals surface area contributed by atoms with Gasteiger partial charge in [-0.3, -0.25) is 0 Å². The van der Waals surface area contributed by atoms with E-state index in [4.69, 9.17) is 4.74 Å². The summed E-state index contributed by atoms with van der Waals surface area (Å²) in [5.41, 5.74) is 3.45. The first-order valence-electron chi connectivity index (χ1n) is 17.5. The highest BCUT2D eigenvalue weighted by Crippen LogP contribution is 2.38. The maximum absolute atomic E-state index is 12.9. The van der Waals surface area contributed by atoms with Crippen LogP contribution in [0.15, 0.2) is 42.5 Å². The number of benzene rings is 2. The minimum atomic E-state index is -0.396. The molecule has 3 rings (SSSR count). The second-order valence-electron chi connectivity index (χ2n) is 12.8. The van der Waals surface area contributed by atoms with Crippen LogP contribution in [0.4, 0.5) is 0 Å². The summed E-state index contributed by atoms with van der Waals surface area (Å²) < 4.78 is 5.68. The third-order valence-electron chi connectivity index (χ3n) is 9.37. The Morgan fingerprint density at radius 1 is 0.738 bits per heavy atom. The van der Waals surface area contributed by atoms with Crippen molar-refractivity contribution in [3.63, 3.8) is 0 Å². The van der Waals surface area contributed by atoms with Crippen LogP contribution in [0.25, 0.3) is 0 Å². The Hall–Kier alpha value is -2.60. The topological polar surface area (TPSA) is 50.1 Å². The molecular weight excluding hydrogens is 514 g/mol. The Labute approximate surface area is 257 Å². The van der Waals surface area contributed by atoms with Gasteiger partial charge in [-0.25, -0.2) is 4.79 Å². The van der Waals surface area contributed by atoms with Crippen molar-refractivity contribution in [3.05, 3.63) is 64.7 Å². The van der Waals surface area contributed by atoms with Gasteiger partial charge in [0.05, 0.1) is 11.1 Å². The number of ether oxygens (including phenoxy) is 1. The van der Waals surface area contributed by atoms with E-state index < -0.39 is 5.97 Å². The highest BCUT2D eigenvalue weighted by Gasteiger charge is 2.22. The average Bonchev–Trinajstić information content (AvgIpc) is 3.03. The van der Waals surface area contributed by atoms with Crippen molar-refractivity contribution in [2.75, 3.05) is 0 Å². The smallest absolute Gasteiger partial charge is 0.343 e. The van der Waals surface area contributed by atoms with Crippen LogP contribution in [-0.2, 0) is 6.42 Å².